The van der Waals surface area contributed by atoms with E-state index >= 15 is 0 Å². The second kappa shape index (κ2) is 5.55. The Bertz CT molecular complexity index is 299. The van der Waals surface area contributed by atoms with Crippen molar-refractivity contribution in [1.82, 2.24) is 4.90 Å². The summed E-state index contributed by atoms with van der Waals surface area (Å²) in [5.74, 6) is -1.15. The van der Waals surface area contributed by atoms with Gasteiger partial charge in [0.25, 0.3) is 0 Å². The summed E-state index contributed by atoms with van der Waals surface area (Å²) >= 11 is 0. The fourth-order valence-electron chi connectivity index (χ4n) is 3.15. The number of ether oxygens (including phenoxy) is 2. The second-order valence-electron chi connectivity index (χ2n) is 5.60. The summed E-state index contributed by atoms with van der Waals surface area (Å²) in [6.45, 7) is 5.01. The van der Waals surface area contributed by atoms with Crippen LogP contribution in [0.1, 0.15) is 26.7 Å². The van der Waals surface area contributed by atoms with Gasteiger partial charge in [-0.1, -0.05) is 0 Å². The zero-order valence-corrected chi connectivity index (χ0v) is 11.3. The van der Waals surface area contributed by atoms with Gasteiger partial charge in [0.2, 0.25) is 0 Å². The van der Waals surface area contributed by atoms with Gasteiger partial charge in [-0.25, -0.2) is 0 Å². The quantitative estimate of drug-likeness (QED) is 0.816. The van der Waals surface area contributed by atoms with Gasteiger partial charge in [0.05, 0.1) is 31.3 Å². The van der Waals surface area contributed by atoms with E-state index in [1.165, 1.54) is 0 Å². The highest BCUT2D eigenvalue weighted by Gasteiger charge is 2.40. The maximum absolute atomic E-state index is 11.2. The van der Waals surface area contributed by atoms with E-state index in [1.807, 2.05) is 7.05 Å². The van der Waals surface area contributed by atoms with Crippen LogP contribution in [0.2, 0.25) is 0 Å². The molecule has 2 fully saturated rings. The zero-order valence-electron chi connectivity index (χ0n) is 11.3. The smallest absolute Gasteiger partial charge is 0.310 e. The highest BCUT2D eigenvalue weighted by atomic mass is 16.5. The van der Waals surface area contributed by atoms with Gasteiger partial charge in [0.1, 0.15) is 0 Å². The molecule has 0 bridgehead atoms. The van der Waals surface area contributed by atoms with Gasteiger partial charge in [0, 0.05) is 12.1 Å². The molecule has 2 aliphatic heterocycles. The van der Waals surface area contributed by atoms with Gasteiger partial charge in [0.15, 0.2) is 0 Å². The zero-order chi connectivity index (χ0) is 13.3. The SMILES string of the molecule is CC1CC(N(C)C2COCC2C(=O)O)CC(C)O1. The largest absolute Gasteiger partial charge is 0.481 e. The molecule has 2 aliphatic rings. The number of carboxylic acids is 1. The molecular formula is C13H23NO4. The first kappa shape index (κ1) is 13.8. The summed E-state index contributed by atoms with van der Waals surface area (Å²) < 4.78 is 11.1. The van der Waals surface area contributed by atoms with E-state index in [0.29, 0.717) is 19.3 Å². The number of carbonyl (C=O) groups is 1. The minimum atomic E-state index is -0.752. The molecule has 0 aromatic carbocycles. The fourth-order valence-corrected chi connectivity index (χ4v) is 3.15. The number of rotatable bonds is 3. The van der Waals surface area contributed by atoms with Crippen LogP contribution in [0.3, 0.4) is 0 Å². The van der Waals surface area contributed by atoms with Crippen LogP contribution >= 0.6 is 0 Å². The van der Waals surface area contributed by atoms with E-state index in [0.717, 1.165) is 12.8 Å². The van der Waals surface area contributed by atoms with Crippen LogP contribution in [0.5, 0.6) is 0 Å². The van der Waals surface area contributed by atoms with Crippen LogP contribution < -0.4 is 0 Å². The van der Waals surface area contributed by atoms with Gasteiger partial charge in [-0.2, -0.15) is 0 Å². The molecule has 0 amide bonds. The highest BCUT2D eigenvalue weighted by molar-refractivity contribution is 5.71. The van der Waals surface area contributed by atoms with Crippen LogP contribution in [-0.4, -0.2) is 60.5 Å². The molecule has 5 nitrogen and oxygen atoms in total. The third-order valence-electron chi connectivity index (χ3n) is 4.14. The van der Waals surface area contributed by atoms with Gasteiger partial charge in [-0.3, -0.25) is 9.69 Å². The first-order valence-electron chi connectivity index (χ1n) is 6.67. The Labute approximate surface area is 108 Å². The molecule has 0 spiro atoms. The molecule has 1 N–H and O–H groups in total. The number of hydrogen-bond donors (Lipinski definition) is 1. The van der Waals surface area contributed by atoms with Crippen molar-refractivity contribution in [2.24, 2.45) is 5.92 Å². The summed E-state index contributed by atoms with van der Waals surface area (Å²) in [5, 5.41) is 9.20. The number of hydrogen-bond acceptors (Lipinski definition) is 4. The van der Waals surface area contributed by atoms with E-state index in [4.69, 9.17) is 9.47 Å². The molecule has 4 atom stereocenters. The molecule has 0 aromatic rings. The molecule has 2 heterocycles. The topological polar surface area (TPSA) is 59.0 Å². The summed E-state index contributed by atoms with van der Waals surface area (Å²) in [6.07, 6.45) is 2.41. The van der Waals surface area contributed by atoms with E-state index in [2.05, 4.69) is 18.7 Å². The molecule has 2 rings (SSSR count). The van der Waals surface area contributed by atoms with E-state index in [-0.39, 0.29) is 18.2 Å². The maximum Gasteiger partial charge on any atom is 0.310 e. The van der Waals surface area contributed by atoms with Crippen molar-refractivity contribution >= 4 is 5.97 Å². The predicted octanol–water partition coefficient (Wildman–Crippen LogP) is 0.974. The average Bonchev–Trinajstić information content (AvgIpc) is 2.75. The first-order valence-corrected chi connectivity index (χ1v) is 6.67. The molecule has 104 valence electrons. The van der Waals surface area contributed by atoms with E-state index in [1.54, 1.807) is 0 Å². The summed E-state index contributed by atoms with van der Waals surface area (Å²) in [4.78, 5) is 13.4. The Hall–Kier alpha value is -0.650. The average molecular weight is 257 g/mol. The van der Waals surface area contributed by atoms with Crippen LogP contribution in [0.4, 0.5) is 0 Å². The van der Waals surface area contributed by atoms with Gasteiger partial charge >= 0.3 is 5.97 Å². The van der Waals surface area contributed by atoms with Crippen molar-refractivity contribution in [2.75, 3.05) is 20.3 Å². The predicted molar refractivity (Wildman–Crippen MR) is 66.5 cm³/mol. The first-order chi connectivity index (χ1) is 8.49. The number of nitrogens with zero attached hydrogens (tertiary/aromatic N) is 1. The minimum absolute atomic E-state index is 0.00926. The third kappa shape index (κ3) is 2.84. The molecule has 2 saturated heterocycles. The van der Waals surface area contributed by atoms with Crippen LogP contribution in [-0.2, 0) is 14.3 Å². The van der Waals surface area contributed by atoms with Crippen LogP contribution in [0.25, 0.3) is 0 Å². The lowest BCUT2D eigenvalue weighted by molar-refractivity contribution is -0.143. The molecule has 0 radical (unpaired) electrons. The lowest BCUT2D eigenvalue weighted by Gasteiger charge is -2.40. The van der Waals surface area contributed by atoms with E-state index in [9.17, 15) is 9.90 Å². The molecule has 18 heavy (non-hydrogen) atoms. The van der Waals surface area contributed by atoms with Gasteiger partial charge in [-0.05, 0) is 33.7 Å². The summed E-state index contributed by atoms with van der Waals surface area (Å²) in [5.41, 5.74) is 0. The molecule has 4 unspecified atom stereocenters. The Morgan fingerprint density at radius 2 is 1.83 bits per heavy atom. The lowest BCUT2D eigenvalue weighted by atomic mass is 9.94. The van der Waals surface area contributed by atoms with E-state index < -0.39 is 11.9 Å². The third-order valence-corrected chi connectivity index (χ3v) is 4.14. The number of likely N-dealkylation sites (N-methyl/N-ethyl adjacent to an activating group) is 1. The second-order valence-corrected chi connectivity index (χ2v) is 5.60. The summed E-state index contributed by atoms with van der Waals surface area (Å²) in [7, 11) is 2.02. The number of aliphatic carboxylic acids is 1. The minimum Gasteiger partial charge on any atom is -0.481 e. The Balaban J connectivity index is 2.01. The van der Waals surface area contributed by atoms with Crippen molar-refractivity contribution in [2.45, 2.75) is 51.0 Å². The van der Waals surface area contributed by atoms with Crippen molar-refractivity contribution in [3.05, 3.63) is 0 Å². The highest BCUT2D eigenvalue weighted by Crippen LogP contribution is 2.28. The van der Waals surface area contributed by atoms with Crippen molar-refractivity contribution in [3.63, 3.8) is 0 Å². The Morgan fingerprint density at radius 3 is 2.39 bits per heavy atom. The molecular weight excluding hydrogens is 234 g/mol. The number of carboxylic acid groups (broad SMARTS) is 1. The Kier molecular flexibility index (Phi) is 4.25. The van der Waals surface area contributed by atoms with Gasteiger partial charge < -0.3 is 14.6 Å². The maximum atomic E-state index is 11.2. The van der Waals surface area contributed by atoms with Crippen molar-refractivity contribution in [1.29, 1.82) is 0 Å². The lowest BCUT2D eigenvalue weighted by Crippen LogP contribution is -2.50. The standard InChI is InChI=1S/C13H23NO4/c1-8-4-10(5-9(2)18-8)14(3)12-7-17-6-11(12)13(15)16/h8-12H,4-7H2,1-3H3,(H,15,16). The van der Waals surface area contributed by atoms with Crippen molar-refractivity contribution in [3.8, 4) is 0 Å². The van der Waals surface area contributed by atoms with Crippen LogP contribution in [0.15, 0.2) is 0 Å². The molecule has 5 heteroatoms. The summed E-state index contributed by atoms with van der Waals surface area (Å²) in [6, 6.07) is 0.377. The van der Waals surface area contributed by atoms with Crippen molar-refractivity contribution < 1.29 is 19.4 Å². The fraction of sp³-hybridized carbons (Fsp3) is 0.923. The Morgan fingerprint density at radius 1 is 1.22 bits per heavy atom. The molecule has 0 saturated carbocycles. The molecule has 0 aromatic heterocycles. The monoisotopic (exact) mass is 257 g/mol. The molecule has 0 aliphatic carbocycles. The van der Waals surface area contributed by atoms with Gasteiger partial charge in [-0.15, -0.1) is 0 Å². The normalized spacial score (nSPS) is 41.2. The van der Waals surface area contributed by atoms with Crippen LogP contribution in [0, 0.1) is 5.92 Å².